The normalized spacial score (nSPS) is 33.1. The molecular weight excluding hydrogens is 455 g/mol. The highest BCUT2D eigenvalue weighted by molar-refractivity contribution is 7.69. The van der Waals surface area contributed by atoms with Crippen molar-refractivity contribution in [3.8, 4) is 0 Å². The number of ether oxygens (including phenoxy) is 2. The molecule has 0 amide bonds. The minimum atomic E-state index is -3.10. The molecule has 4 atom stereocenters. The molecule has 1 saturated heterocycles. The van der Waals surface area contributed by atoms with Crippen molar-refractivity contribution in [2.45, 2.75) is 68.3 Å². The van der Waals surface area contributed by atoms with E-state index in [1.54, 1.807) is 0 Å². The van der Waals surface area contributed by atoms with Crippen LogP contribution in [0.1, 0.15) is 43.2 Å². The van der Waals surface area contributed by atoms with E-state index in [-0.39, 0.29) is 22.8 Å². The topological polar surface area (TPSA) is 44.8 Å². The van der Waals surface area contributed by atoms with E-state index in [4.69, 9.17) is 14.0 Å². The first kappa shape index (κ1) is 22.0. The molecule has 35 heavy (non-hydrogen) atoms. The fourth-order valence-electron chi connectivity index (χ4n) is 6.70. The first-order valence-corrected chi connectivity index (χ1v) is 14.4. The summed E-state index contributed by atoms with van der Waals surface area (Å²) >= 11 is 0. The summed E-state index contributed by atoms with van der Waals surface area (Å²) in [6.45, 7) is 1.06. The van der Waals surface area contributed by atoms with Crippen molar-refractivity contribution in [2.75, 3.05) is 0 Å². The molecule has 3 aromatic carbocycles. The molecule has 0 aromatic heterocycles. The second kappa shape index (κ2) is 7.88. The highest BCUT2D eigenvalue weighted by atomic mass is 31.2. The molecule has 1 heterocycles. The van der Waals surface area contributed by atoms with E-state index in [0.29, 0.717) is 13.2 Å². The minimum absolute atomic E-state index is 0.0870. The quantitative estimate of drug-likeness (QED) is 0.371. The molecule has 3 aliphatic carbocycles. The average Bonchev–Trinajstić information content (AvgIpc) is 3.78. The summed E-state index contributed by atoms with van der Waals surface area (Å²) < 4.78 is 35.1. The van der Waals surface area contributed by atoms with Gasteiger partial charge in [0.15, 0.2) is 0 Å². The Hall–Kier alpha value is -2.23. The van der Waals surface area contributed by atoms with Crippen LogP contribution in [0.25, 0.3) is 0 Å². The molecule has 3 saturated carbocycles. The fourth-order valence-corrected chi connectivity index (χ4v) is 10.4. The highest BCUT2D eigenvalue weighted by Crippen LogP contribution is 2.89. The molecule has 0 N–H and O–H groups in total. The summed E-state index contributed by atoms with van der Waals surface area (Å²) in [7, 11) is -3.10. The van der Waals surface area contributed by atoms with Crippen LogP contribution in [0, 0.1) is 5.41 Å². The van der Waals surface area contributed by atoms with Crippen LogP contribution in [0.3, 0.4) is 0 Å². The second-order valence-electron chi connectivity index (χ2n) is 10.8. The van der Waals surface area contributed by atoms with E-state index >= 15 is 0 Å². The van der Waals surface area contributed by atoms with Crippen molar-refractivity contribution in [2.24, 2.45) is 5.41 Å². The zero-order valence-electron chi connectivity index (χ0n) is 19.8. The number of benzene rings is 3. The summed E-state index contributed by atoms with van der Waals surface area (Å²) in [5, 5.41) is 0.568. The van der Waals surface area contributed by atoms with Crippen LogP contribution < -0.4 is 5.30 Å². The van der Waals surface area contributed by atoms with E-state index in [2.05, 4.69) is 24.3 Å². The Balaban J connectivity index is 1.24. The maximum Gasteiger partial charge on any atom is 0.239 e. The maximum absolute atomic E-state index is 15.0. The zero-order chi connectivity index (χ0) is 23.6. The van der Waals surface area contributed by atoms with E-state index in [1.807, 2.05) is 66.7 Å². The maximum atomic E-state index is 15.0. The van der Waals surface area contributed by atoms with Crippen molar-refractivity contribution < 1.29 is 18.6 Å². The average molecular weight is 487 g/mol. The zero-order valence-corrected chi connectivity index (χ0v) is 20.7. The molecule has 180 valence electrons. The van der Waals surface area contributed by atoms with Gasteiger partial charge in [0.25, 0.3) is 0 Å². The lowest BCUT2D eigenvalue weighted by Gasteiger charge is -2.49. The van der Waals surface area contributed by atoms with Gasteiger partial charge >= 0.3 is 0 Å². The Morgan fingerprint density at radius 2 is 1.29 bits per heavy atom. The van der Waals surface area contributed by atoms with Gasteiger partial charge in [0.2, 0.25) is 7.37 Å². The minimum Gasteiger partial charge on any atom is -0.370 e. The van der Waals surface area contributed by atoms with Gasteiger partial charge in [-0.3, -0.25) is 4.57 Å². The van der Waals surface area contributed by atoms with Crippen LogP contribution >= 0.6 is 7.37 Å². The Morgan fingerprint density at radius 1 is 0.743 bits per heavy atom. The molecule has 1 aliphatic heterocycles. The van der Waals surface area contributed by atoms with Crippen LogP contribution in [-0.4, -0.2) is 23.0 Å². The van der Waals surface area contributed by atoms with Crippen molar-refractivity contribution in [3.63, 3.8) is 0 Å². The SMILES string of the molecule is O=[P@@]1(c2ccccc2)O[C@]2(C[C@@H]2OCc2ccccc2)[C@@H](OCc2ccccc2)C2(CC2)C12CC2. The van der Waals surface area contributed by atoms with Crippen molar-refractivity contribution >= 4 is 12.7 Å². The van der Waals surface area contributed by atoms with Gasteiger partial charge < -0.3 is 14.0 Å². The molecule has 0 radical (unpaired) electrons. The summed E-state index contributed by atoms with van der Waals surface area (Å²) in [5.41, 5.74) is 1.55. The molecule has 3 aromatic rings. The van der Waals surface area contributed by atoms with Gasteiger partial charge in [-0.25, -0.2) is 0 Å². The number of hydrogen-bond acceptors (Lipinski definition) is 4. The molecular formula is C30H31O4P. The van der Waals surface area contributed by atoms with Gasteiger partial charge in [-0.1, -0.05) is 78.9 Å². The van der Waals surface area contributed by atoms with Crippen molar-refractivity contribution in [1.82, 2.24) is 0 Å². The third-order valence-corrected chi connectivity index (χ3v) is 12.4. The molecule has 4 fully saturated rings. The Bertz CT molecular complexity index is 1250. The predicted molar refractivity (Wildman–Crippen MR) is 136 cm³/mol. The van der Waals surface area contributed by atoms with Gasteiger partial charge in [0, 0.05) is 17.1 Å². The number of hydrogen-bond donors (Lipinski definition) is 0. The van der Waals surface area contributed by atoms with Crippen molar-refractivity contribution in [1.29, 1.82) is 0 Å². The lowest BCUT2D eigenvalue weighted by molar-refractivity contribution is -0.126. The Kier molecular flexibility index (Phi) is 4.96. The first-order chi connectivity index (χ1) is 17.1. The Morgan fingerprint density at radius 3 is 1.83 bits per heavy atom. The molecule has 4 nitrogen and oxygen atoms in total. The van der Waals surface area contributed by atoms with Gasteiger partial charge in [-0.2, -0.15) is 0 Å². The van der Waals surface area contributed by atoms with Gasteiger partial charge in [0.1, 0.15) is 5.60 Å². The molecule has 0 bridgehead atoms. The highest BCUT2D eigenvalue weighted by Gasteiger charge is 2.87. The lowest BCUT2D eigenvalue weighted by Crippen LogP contribution is -2.55. The second-order valence-corrected chi connectivity index (χ2v) is 13.4. The van der Waals surface area contributed by atoms with Crippen LogP contribution in [0.5, 0.6) is 0 Å². The standard InChI is InChI=1S/C30H31O4P/c31-35(25-14-8-3-9-15-25)29(18-19-29)28(16-17-28)27(33-22-24-12-6-2-7-13-24)30(34-35)20-26(30)32-21-23-10-4-1-5-11-23/h1-15,26-27H,16-22H2/t26-,27-,30-,35-/m0/s1. The van der Waals surface area contributed by atoms with E-state index in [9.17, 15) is 4.57 Å². The third-order valence-electron chi connectivity index (χ3n) is 8.79. The van der Waals surface area contributed by atoms with Gasteiger partial charge in [-0.05, 0) is 48.9 Å². The van der Waals surface area contributed by atoms with Crippen molar-refractivity contribution in [3.05, 3.63) is 102 Å². The van der Waals surface area contributed by atoms with E-state index in [0.717, 1.165) is 48.5 Å². The van der Waals surface area contributed by atoms with Gasteiger partial charge in [0.05, 0.1) is 30.6 Å². The number of rotatable bonds is 7. The fraction of sp³-hybridized carbons (Fsp3) is 0.400. The van der Waals surface area contributed by atoms with Crippen LogP contribution in [0.4, 0.5) is 0 Å². The molecule has 3 spiro atoms. The van der Waals surface area contributed by atoms with E-state index < -0.39 is 13.0 Å². The third kappa shape index (κ3) is 3.27. The summed E-state index contributed by atoms with van der Waals surface area (Å²) in [5.74, 6) is 0. The monoisotopic (exact) mass is 486 g/mol. The molecule has 5 heteroatoms. The summed E-state index contributed by atoms with van der Waals surface area (Å²) in [6, 6.07) is 30.5. The van der Waals surface area contributed by atoms with Crippen LogP contribution in [0.15, 0.2) is 91.0 Å². The van der Waals surface area contributed by atoms with Crippen LogP contribution in [-0.2, 0) is 31.8 Å². The first-order valence-electron chi connectivity index (χ1n) is 12.8. The molecule has 0 unspecified atom stereocenters. The largest absolute Gasteiger partial charge is 0.370 e. The Labute approximate surface area is 207 Å². The molecule has 4 aliphatic rings. The lowest BCUT2D eigenvalue weighted by atomic mass is 9.86. The van der Waals surface area contributed by atoms with Gasteiger partial charge in [-0.15, -0.1) is 0 Å². The smallest absolute Gasteiger partial charge is 0.239 e. The number of fused-ring (bicyclic) bond motifs is 1. The predicted octanol–water partition coefficient (Wildman–Crippen LogP) is 6.25. The van der Waals surface area contributed by atoms with E-state index in [1.165, 1.54) is 0 Å². The summed E-state index contributed by atoms with van der Waals surface area (Å²) in [6.07, 6.45) is 4.53. The molecule has 7 rings (SSSR count). The summed E-state index contributed by atoms with van der Waals surface area (Å²) in [4.78, 5) is 0. The van der Waals surface area contributed by atoms with Crippen LogP contribution in [0.2, 0.25) is 0 Å².